The largest absolute Gasteiger partial charge is 0.389 e. The average molecular weight is 560 g/mol. The van der Waals surface area contributed by atoms with Crippen molar-refractivity contribution in [1.29, 1.82) is 5.26 Å². The molecule has 11 nitrogen and oxygen atoms in total. The summed E-state index contributed by atoms with van der Waals surface area (Å²) in [4.78, 5) is 29.4. The maximum atomic E-state index is 12.1. The first-order valence-corrected chi connectivity index (χ1v) is 14.5. The van der Waals surface area contributed by atoms with Gasteiger partial charge in [-0.25, -0.2) is 4.98 Å². The minimum absolute atomic E-state index is 0.0396. The van der Waals surface area contributed by atoms with Crippen LogP contribution in [0.25, 0.3) is 11.5 Å². The number of thiophene rings is 1. The molecule has 3 aromatic rings. The van der Waals surface area contributed by atoms with E-state index < -0.39 is 5.41 Å². The summed E-state index contributed by atoms with van der Waals surface area (Å²) in [5, 5.41) is 18.2. The number of pyridine rings is 1. The van der Waals surface area contributed by atoms with E-state index in [1.165, 1.54) is 17.4 Å². The molecule has 1 aliphatic carbocycles. The molecule has 0 radical (unpaired) electrons. The van der Waals surface area contributed by atoms with Gasteiger partial charge in [0.25, 0.3) is 0 Å². The molecule has 1 atom stereocenters. The highest BCUT2D eigenvalue weighted by Crippen LogP contribution is 2.48. The zero-order chi connectivity index (χ0) is 27.9. The molecule has 2 fully saturated rings. The second kappa shape index (κ2) is 10.6. The lowest BCUT2D eigenvalue weighted by Crippen LogP contribution is -2.48. The van der Waals surface area contributed by atoms with E-state index in [0.717, 1.165) is 67.4 Å². The summed E-state index contributed by atoms with van der Waals surface area (Å²) in [6.07, 6.45) is 4.01. The van der Waals surface area contributed by atoms with Crippen molar-refractivity contribution < 1.29 is 9.32 Å². The smallest absolute Gasteiger partial charge is 0.246 e. The molecule has 208 valence electrons. The van der Waals surface area contributed by atoms with Crippen LogP contribution >= 0.6 is 11.3 Å². The first-order chi connectivity index (χ1) is 19.4. The molecule has 3 aromatic heterocycles. The number of hydrogen-bond acceptors (Lipinski definition) is 11. The normalized spacial score (nSPS) is 21.1. The van der Waals surface area contributed by atoms with E-state index in [2.05, 4.69) is 45.9 Å². The van der Waals surface area contributed by atoms with Gasteiger partial charge in [-0.2, -0.15) is 10.2 Å². The van der Waals surface area contributed by atoms with Crippen molar-refractivity contribution in [3.05, 3.63) is 46.7 Å². The summed E-state index contributed by atoms with van der Waals surface area (Å²) in [6.45, 7) is 11.8. The van der Waals surface area contributed by atoms with Crippen LogP contribution in [0.1, 0.15) is 41.7 Å². The minimum atomic E-state index is -0.592. The van der Waals surface area contributed by atoms with Gasteiger partial charge in [0.2, 0.25) is 17.6 Å². The highest BCUT2D eigenvalue weighted by atomic mass is 32.1. The van der Waals surface area contributed by atoms with Gasteiger partial charge in [0.1, 0.15) is 22.6 Å². The van der Waals surface area contributed by atoms with E-state index in [1.807, 2.05) is 11.0 Å². The number of hydrogen-bond donors (Lipinski definition) is 2. The third-order valence-electron chi connectivity index (χ3n) is 8.25. The number of nitrogens with zero attached hydrogens (tertiary/aromatic N) is 7. The van der Waals surface area contributed by atoms with Crippen LogP contribution in [0.5, 0.6) is 0 Å². The van der Waals surface area contributed by atoms with Gasteiger partial charge in [-0.3, -0.25) is 4.79 Å². The monoisotopic (exact) mass is 559 g/mol. The van der Waals surface area contributed by atoms with Crippen molar-refractivity contribution in [2.45, 2.75) is 31.6 Å². The molecule has 0 unspecified atom stereocenters. The summed E-state index contributed by atoms with van der Waals surface area (Å²) in [5.41, 5.74) is 8.72. The van der Waals surface area contributed by atoms with Gasteiger partial charge in [-0.1, -0.05) is 11.7 Å². The number of rotatable bonds is 5. The Bertz CT molecular complexity index is 1480. The molecular formula is C28H33N9O2S. The Morgan fingerprint density at radius 3 is 2.70 bits per heavy atom. The summed E-state index contributed by atoms with van der Waals surface area (Å²) in [5.74, 6) is 1.73. The SMILES string of the molecule is C=CC(=O)N1CCN(c2cc(-c3noc([C@@]4(C)CCCc5sc(N)c(C#N)c54)n3)nc(N3CCNCC3)c2)CC1. The van der Waals surface area contributed by atoms with E-state index in [4.69, 9.17) is 20.2 Å². The van der Waals surface area contributed by atoms with Crippen LogP contribution in [0.2, 0.25) is 0 Å². The van der Waals surface area contributed by atoms with Crippen LogP contribution in [0.3, 0.4) is 0 Å². The first-order valence-electron chi connectivity index (χ1n) is 13.7. The number of aryl methyl sites for hydroxylation is 1. The molecule has 6 rings (SSSR count). The third-order valence-corrected chi connectivity index (χ3v) is 9.33. The molecule has 12 heteroatoms. The second-order valence-electron chi connectivity index (χ2n) is 10.7. The van der Waals surface area contributed by atoms with Crippen LogP contribution in [-0.4, -0.2) is 78.3 Å². The van der Waals surface area contributed by atoms with Gasteiger partial charge >= 0.3 is 0 Å². The number of nitriles is 1. The summed E-state index contributed by atoms with van der Waals surface area (Å²) in [6, 6.07) is 6.42. The predicted molar refractivity (Wildman–Crippen MR) is 154 cm³/mol. The van der Waals surface area contributed by atoms with Crippen LogP contribution in [0.4, 0.5) is 16.5 Å². The lowest BCUT2D eigenvalue weighted by Gasteiger charge is -2.36. The van der Waals surface area contributed by atoms with E-state index in [-0.39, 0.29) is 5.91 Å². The van der Waals surface area contributed by atoms with E-state index in [0.29, 0.717) is 54.2 Å². The average Bonchev–Trinajstić information content (AvgIpc) is 3.63. The van der Waals surface area contributed by atoms with Crippen molar-refractivity contribution in [3.8, 4) is 17.6 Å². The highest BCUT2D eigenvalue weighted by molar-refractivity contribution is 7.16. The summed E-state index contributed by atoms with van der Waals surface area (Å²) in [7, 11) is 0. The van der Waals surface area contributed by atoms with E-state index >= 15 is 0 Å². The molecular weight excluding hydrogens is 526 g/mol. The third kappa shape index (κ3) is 4.59. The van der Waals surface area contributed by atoms with Crippen molar-refractivity contribution in [2.24, 2.45) is 0 Å². The number of amides is 1. The number of aromatic nitrogens is 3. The second-order valence-corrected chi connectivity index (χ2v) is 11.8. The van der Waals surface area contributed by atoms with Crippen LogP contribution in [0, 0.1) is 11.3 Å². The molecule has 0 bridgehead atoms. The lowest BCUT2D eigenvalue weighted by molar-refractivity contribution is -0.126. The van der Waals surface area contributed by atoms with Gasteiger partial charge in [0.15, 0.2) is 0 Å². The van der Waals surface area contributed by atoms with Crippen LogP contribution in [-0.2, 0) is 16.6 Å². The molecule has 2 aliphatic heterocycles. The van der Waals surface area contributed by atoms with Crippen LogP contribution in [0.15, 0.2) is 29.3 Å². The van der Waals surface area contributed by atoms with E-state index in [1.54, 1.807) is 0 Å². The van der Waals surface area contributed by atoms with Gasteiger partial charge in [0, 0.05) is 74.6 Å². The molecule has 1 amide bonds. The van der Waals surface area contributed by atoms with Crippen molar-refractivity contribution in [2.75, 3.05) is 67.9 Å². The molecule has 40 heavy (non-hydrogen) atoms. The van der Waals surface area contributed by atoms with Crippen molar-refractivity contribution in [3.63, 3.8) is 0 Å². The number of fused-ring (bicyclic) bond motifs is 1. The van der Waals surface area contributed by atoms with Gasteiger partial charge in [-0.05, 0) is 38.3 Å². The Labute approximate surface area is 237 Å². The quantitative estimate of drug-likeness (QED) is 0.448. The zero-order valence-electron chi connectivity index (χ0n) is 22.6. The number of carbonyl (C=O) groups excluding carboxylic acids is 1. The van der Waals surface area contributed by atoms with Gasteiger partial charge in [0.05, 0.1) is 11.0 Å². The summed E-state index contributed by atoms with van der Waals surface area (Å²) >= 11 is 1.49. The standard InChI is InChI=1S/C28H33N9O2S/c1-3-23(38)37-13-11-35(12-14-37)18-15-20(32-22(16-18)36-9-7-31-8-10-36)26-33-27(39-34-26)28(2)6-4-5-21-24(28)19(17-29)25(30)40-21/h3,15-16,31H,1,4-14,30H2,2H3/t28-/m0/s1. The fraction of sp³-hybridized carbons (Fsp3) is 0.464. The highest BCUT2D eigenvalue weighted by Gasteiger charge is 2.43. The zero-order valence-corrected chi connectivity index (χ0v) is 23.5. The molecule has 0 spiro atoms. The maximum absolute atomic E-state index is 12.1. The molecule has 2 saturated heterocycles. The Hall–Kier alpha value is -3.95. The number of nitrogen functional groups attached to an aromatic ring is 1. The number of nitrogens with two attached hydrogens (primary N) is 1. The molecule has 3 aliphatic rings. The Morgan fingerprint density at radius 1 is 1.20 bits per heavy atom. The van der Waals surface area contributed by atoms with Crippen molar-refractivity contribution >= 4 is 33.8 Å². The van der Waals surface area contributed by atoms with Crippen LogP contribution < -0.4 is 20.9 Å². The number of nitrogens with one attached hydrogen (secondary N) is 1. The number of piperazine rings is 2. The summed E-state index contributed by atoms with van der Waals surface area (Å²) < 4.78 is 5.91. The fourth-order valence-electron chi connectivity index (χ4n) is 6.03. The first kappa shape index (κ1) is 26.3. The maximum Gasteiger partial charge on any atom is 0.246 e. The molecule has 5 heterocycles. The van der Waals surface area contributed by atoms with E-state index in [9.17, 15) is 10.1 Å². The van der Waals surface area contributed by atoms with Gasteiger partial charge < -0.3 is 30.3 Å². The Morgan fingerprint density at radius 2 is 1.98 bits per heavy atom. The number of anilines is 3. The Kier molecular flexibility index (Phi) is 6.93. The lowest BCUT2D eigenvalue weighted by atomic mass is 9.72. The Balaban J connectivity index is 1.36. The molecule has 0 aromatic carbocycles. The molecule has 3 N–H and O–H groups in total. The van der Waals surface area contributed by atoms with Crippen molar-refractivity contribution in [1.82, 2.24) is 25.3 Å². The predicted octanol–water partition coefficient (Wildman–Crippen LogP) is 2.53. The molecule has 0 saturated carbocycles. The van der Waals surface area contributed by atoms with Gasteiger partial charge in [-0.15, -0.1) is 11.3 Å². The topological polar surface area (TPSA) is 140 Å². The number of carbonyl (C=O) groups is 1. The minimum Gasteiger partial charge on any atom is -0.389 e. The fourth-order valence-corrected chi connectivity index (χ4v) is 7.22.